The van der Waals surface area contributed by atoms with Crippen LogP contribution in [-0.2, 0) is 34.4 Å². The van der Waals surface area contributed by atoms with Crippen LogP contribution in [0.25, 0.3) is 0 Å². The molecule has 0 aliphatic carbocycles. The van der Waals surface area contributed by atoms with Crippen molar-refractivity contribution in [3.05, 3.63) is 92.8 Å². The monoisotopic (exact) mass is 573 g/mol. The van der Waals surface area contributed by atoms with Gasteiger partial charge in [-0.1, -0.05) is 44.2 Å². The van der Waals surface area contributed by atoms with Crippen molar-refractivity contribution in [2.24, 2.45) is 5.92 Å². The van der Waals surface area contributed by atoms with E-state index in [-0.39, 0.29) is 35.9 Å². The van der Waals surface area contributed by atoms with E-state index < -0.39 is 52.5 Å². The Balaban J connectivity index is 1.87. The van der Waals surface area contributed by atoms with E-state index in [1.54, 1.807) is 12.1 Å². The van der Waals surface area contributed by atoms with Gasteiger partial charge < -0.3 is 21.3 Å². The molecule has 0 aliphatic heterocycles. The minimum Gasteiger partial charge on any atom is -0.399 e. The summed E-state index contributed by atoms with van der Waals surface area (Å²) >= 11 is 0. The minimum absolute atomic E-state index is 0.0235. The third-order valence-electron chi connectivity index (χ3n) is 6.16. The van der Waals surface area contributed by atoms with Gasteiger partial charge in [0.2, 0.25) is 15.9 Å². The standard InChI is InChI=1S/C27H35N5O7S/c1-18(2)13-32(40(38,39)22-10-8-21(28)9-11-22)15-24(34)23(12-19-6-4-3-5-7-19)29-25(35)16-31-14-20(17-33)26(36)30-27(31)37/h3-11,14,18,23-24,33-34H,12-13,15-17,28H2,1-2H3,(H,29,35)(H,30,36,37)/t23-,24+/m0/s1. The summed E-state index contributed by atoms with van der Waals surface area (Å²) < 4.78 is 29.1. The van der Waals surface area contributed by atoms with Crippen LogP contribution in [0.15, 0.2) is 75.3 Å². The van der Waals surface area contributed by atoms with Crippen LogP contribution in [0, 0.1) is 5.92 Å². The lowest BCUT2D eigenvalue weighted by Crippen LogP contribution is -2.52. The zero-order valence-electron chi connectivity index (χ0n) is 22.4. The fraction of sp³-hybridized carbons (Fsp3) is 0.370. The maximum absolute atomic E-state index is 13.5. The number of nitrogen functional groups attached to an aromatic ring is 1. The van der Waals surface area contributed by atoms with Crippen molar-refractivity contribution in [3.63, 3.8) is 0 Å². The summed E-state index contributed by atoms with van der Waals surface area (Å²) in [4.78, 5) is 39.0. The van der Waals surface area contributed by atoms with E-state index in [4.69, 9.17) is 5.73 Å². The third-order valence-corrected chi connectivity index (χ3v) is 8.00. The first-order valence-corrected chi connectivity index (χ1v) is 14.1. The molecule has 2 atom stereocenters. The molecule has 12 nitrogen and oxygen atoms in total. The number of nitrogens with one attached hydrogen (secondary N) is 2. The molecule has 3 aromatic rings. The zero-order valence-corrected chi connectivity index (χ0v) is 23.2. The van der Waals surface area contributed by atoms with Crippen LogP contribution in [-0.4, -0.2) is 63.6 Å². The Labute approximate surface area is 232 Å². The number of carbonyl (C=O) groups is 1. The Hall–Kier alpha value is -3.78. The Kier molecular flexibility index (Phi) is 10.4. The molecule has 2 aromatic carbocycles. The van der Waals surface area contributed by atoms with Crippen LogP contribution in [0.2, 0.25) is 0 Å². The van der Waals surface area contributed by atoms with Gasteiger partial charge in [-0.2, -0.15) is 4.31 Å². The third kappa shape index (κ3) is 8.11. The minimum atomic E-state index is -4.01. The smallest absolute Gasteiger partial charge is 0.328 e. The summed E-state index contributed by atoms with van der Waals surface area (Å²) in [6.07, 6.45) is -0.0626. The van der Waals surface area contributed by atoms with Gasteiger partial charge in [-0.05, 0) is 42.2 Å². The number of hydrogen-bond acceptors (Lipinski definition) is 8. The molecule has 1 aromatic heterocycles. The average Bonchev–Trinajstić information content (AvgIpc) is 2.90. The summed E-state index contributed by atoms with van der Waals surface area (Å²) in [5.74, 6) is -0.722. The number of amides is 1. The highest BCUT2D eigenvalue weighted by Crippen LogP contribution is 2.20. The lowest BCUT2D eigenvalue weighted by Gasteiger charge is -2.31. The number of sulfonamides is 1. The van der Waals surface area contributed by atoms with Gasteiger partial charge in [0.25, 0.3) is 5.56 Å². The van der Waals surface area contributed by atoms with E-state index in [0.717, 1.165) is 16.3 Å². The number of nitrogens with two attached hydrogens (primary N) is 1. The van der Waals surface area contributed by atoms with Gasteiger partial charge in [-0.3, -0.25) is 19.1 Å². The van der Waals surface area contributed by atoms with Crippen molar-refractivity contribution < 1.29 is 23.4 Å². The number of aromatic amines is 1. The number of aliphatic hydroxyl groups is 2. The molecule has 0 unspecified atom stereocenters. The molecule has 13 heteroatoms. The van der Waals surface area contributed by atoms with Crippen molar-refractivity contribution in [2.45, 2.75) is 50.5 Å². The predicted octanol–water partition coefficient (Wildman–Crippen LogP) is 0.0464. The molecule has 0 aliphatic rings. The van der Waals surface area contributed by atoms with Crippen LogP contribution >= 0.6 is 0 Å². The number of aromatic nitrogens is 2. The number of H-pyrrole nitrogens is 1. The molecule has 3 rings (SSSR count). The first-order valence-electron chi connectivity index (χ1n) is 12.7. The van der Waals surface area contributed by atoms with Gasteiger partial charge in [0.15, 0.2) is 0 Å². The number of anilines is 1. The van der Waals surface area contributed by atoms with E-state index in [1.165, 1.54) is 28.6 Å². The highest BCUT2D eigenvalue weighted by molar-refractivity contribution is 7.89. The fourth-order valence-corrected chi connectivity index (χ4v) is 5.77. The molecular weight excluding hydrogens is 538 g/mol. The maximum Gasteiger partial charge on any atom is 0.328 e. The van der Waals surface area contributed by atoms with Crippen LogP contribution in [0.4, 0.5) is 5.69 Å². The Morgan fingerprint density at radius 2 is 1.73 bits per heavy atom. The Morgan fingerprint density at radius 3 is 2.33 bits per heavy atom. The van der Waals surface area contributed by atoms with E-state index in [9.17, 15) is 33.0 Å². The molecule has 1 heterocycles. The van der Waals surface area contributed by atoms with Crippen molar-refractivity contribution in [1.82, 2.24) is 19.2 Å². The molecule has 1 amide bonds. The predicted molar refractivity (Wildman–Crippen MR) is 150 cm³/mol. The van der Waals surface area contributed by atoms with Gasteiger partial charge in [0.1, 0.15) is 6.54 Å². The number of benzene rings is 2. The average molecular weight is 574 g/mol. The van der Waals surface area contributed by atoms with Crippen LogP contribution < -0.4 is 22.3 Å². The van der Waals surface area contributed by atoms with Gasteiger partial charge in [0, 0.05) is 25.0 Å². The van der Waals surface area contributed by atoms with E-state index in [1.807, 2.05) is 37.0 Å². The van der Waals surface area contributed by atoms with Gasteiger partial charge in [0.05, 0.1) is 29.2 Å². The first kappa shape index (κ1) is 30.8. The maximum atomic E-state index is 13.5. The lowest BCUT2D eigenvalue weighted by atomic mass is 10.0. The summed E-state index contributed by atoms with van der Waals surface area (Å²) in [5.41, 5.74) is 5.22. The first-order chi connectivity index (χ1) is 18.9. The van der Waals surface area contributed by atoms with Crippen LogP contribution in [0.3, 0.4) is 0 Å². The molecule has 216 valence electrons. The molecule has 6 N–H and O–H groups in total. The molecule has 0 saturated heterocycles. The fourth-order valence-electron chi connectivity index (χ4n) is 4.15. The van der Waals surface area contributed by atoms with E-state index >= 15 is 0 Å². The molecule has 0 saturated carbocycles. The SMILES string of the molecule is CC(C)CN(C[C@@H](O)[C@H](Cc1ccccc1)NC(=O)Cn1cc(CO)c(=O)[nH]c1=O)S(=O)(=O)c1ccc(N)cc1. The largest absolute Gasteiger partial charge is 0.399 e. The van der Waals surface area contributed by atoms with Crippen molar-refractivity contribution in [2.75, 3.05) is 18.8 Å². The zero-order chi connectivity index (χ0) is 29.4. The molecule has 0 spiro atoms. The van der Waals surface area contributed by atoms with Crippen LogP contribution in [0.5, 0.6) is 0 Å². The number of hydrogen-bond donors (Lipinski definition) is 5. The molecule has 0 radical (unpaired) electrons. The van der Waals surface area contributed by atoms with Crippen LogP contribution in [0.1, 0.15) is 25.0 Å². The summed E-state index contributed by atoms with van der Waals surface area (Å²) in [6, 6.07) is 13.9. The van der Waals surface area contributed by atoms with Crippen molar-refractivity contribution in [1.29, 1.82) is 0 Å². The van der Waals surface area contributed by atoms with E-state index in [0.29, 0.717) is 5.69 Å². The van der Waals surface area contributed by atoms with Crippen molar-refractivity contribution in [3.8, 4) is 0 Å². The quantitative estimate of drug-likeness (QED) is 0.177. The summed E-state index contributed by atoms with van der Waals surface area (Å²) in [6.45, 7) is 2.39. The van der Waals surface area contributed by atoms with Gasteiger partial charge in [-0.25, -0.2) is 13.2 Å². The Bertz CT molecular complexity index is 1500. The number of aliphatic hydroxyl groups excluding tert-OH is 2. The van der Waals surface area contributed by atoms with Gasteiger partial charge >= 0.3 is 5.69 Å². The lowest BCUT2D eigenvalue weighted by molar-refractivity contribution is -0.123. The number of nitrogens with zero attached hydrogens (tertiary/aromatic N) is 2. The molecule has 0 fully saturated rings. The second-order valence-corrected chi connectivity index (χ2v) is 11.9. The topological polar surface area (TPSA) is 188 Å². The second-order valence-electron chi connectivity index (χ2n) is 9.92. The summed E-state index contributed by atoms with van der Waals surface area (Å²) in [5, 5.41) is 23.3. The number of carbonyl (C=O) groups excluding carboxylic acids is 1. The number of rotatable bonds is 13. The Morgan fingerprint density at radius 1 is 1.07 bits per heavy atom. The highest BCUT2D eigenvalue weighted by atomic mass is 32.2. The van der Waals surface area contributed by atoms with E-state index in [2.05, 4.69) is 5.32 Å². The van der Waals surface area contributed by atoms with Crippen molar-refractivity contribution >= 4 is 21.6 Å². The molecular formula is C27H35N5O7S. The normalized spacial score (nSPS) is 13.3. The second kappa shape index (κ2) is 13.5. The summed E-state index contributed by atoms with van der Waals surface area (Å²) in [7, 11) is -4.01. The molecule has 40 heavy (non-hydrogen) atoms. The molecule has 0 bridgehead atoms. The highest BCUT2D eigenvalue weighted by Gasteiger charge is 2.31. The van der Waals surface area contributed by atoms with Gasteiger partial charge in [-0.15, -0.1) is 0 Å².